The molecule has 1 atom stereocenters. The Bertz CT molecular complexity index is 574. The fraction of sp³-hybridized carbons (Fsp3) is 0.200. The second-order valence-electron chi connectivity index (χ2n) is 4.23. The lowest BCUT2D eigenvalue weighted by molar-refractivity contribution is 0.463. The summed E-state index contributed by atoms with van der Waals surface area (Å²) in [7, 11) is 0. The second kappa shape index (κ2) is 6.17. The summed E-state index contributed by atoms with van der Waals surface area (Å²) in [5.41, 5.74) is 6.97. The first-order valence-electron chi connectivity index (χ1n) is 6.09. The summed E-state index contributed by atoms with van der Waals surface area (Å²) in [5.74, 6) is 0.768. The Kier molecular flexibility index (Phi) is 4.56. The van der Waals surface area contributed by atoms with E-state index in [1.165, 1.54) is 6.07 Å². The van der Waals surface area contributed by atoms with Gasteiger partial charge in [0.25, 0.3) is 0 Å². The van der Waals surface area contributed by atoms with Crippen LogP contribution in [0.15, 0.2) is 46.9 Å². The predicted molar refractivity (Wildman–Crippen MR) is 77.8 cm³/mol. The van der Waals surface area contributed by atoms with E-state index in [4.69, 9.17) is 10.5 Å². The van der Waals surface area contributed by atoms with Crippen LogP contribution in [-0.4, -0.2) is 0 Å². The van der Waals surface area contributed by atoms with Crippen molar-refractivity contribution >= 4 is 15.9 Å². The third-order valence-electron chi connectivity index (χ3n) is 2.88. The van der Waals surface area contributed by atoms with Crippen molar-refractivity contribution in [3.63, 3.8) is 0 Å². The third-order valence-corrected chi connectivity index (χ3v) is 3.52. The Morgan fingerprint density at radius 3 is 2.68 bits per heavy atom. The van der Waals surface area contributed by atoms with Gasteiger partial charge >= 0.3 is 0 Å². The second-order valence-corrected chi connectivity index (χ2v) is 5.08. The Morgan fingerprint density at radius 1 is 1.26 bits per heavy atom. The summed E-state index contributed by atoms with van der Waals surface area (Å²) in [6.45, 7) is 2.01. The van der Waals surface area contributed by atoms with E-state index in [9.17, 15) is 4.39 Å². The molecule has 0 spiro atoms. The molecule has 0 amide bonds. The molecule has 0 aliphatic heterocycles. The van der Waals surface area contributed by atoms with Crippen molar-refractivity contribution < 1.29 is 9.13 Å². The topological polar surface area (TPSA) is 35.2 Å². The number of nitrogens with two attached hydrogens (primary N) is 1. The minimum absolute atomic E-state index is 0.0866. The van der Waals surface area contributed by atoms with Gasteiger partial charge in [-0.3, -0.25) is 0 Å². The minimum Gasteiger partial charge on any atom is -0.457 e. The normalized spacial score (nSPS) is 12.2. The highest BCUT2D eigenvalue weighted by Crippen LogP contribution is 2.31. The van der Waals surface area contributed by atoms with Gasteiger partial charge in [-0.25, -0.2) is 4.39 Å². The molecule has 100 valence electrons. The summed E-state index contributed by atoms with van der Waals surface area (Å²) in [5, 5.41) is 0. The van der Waals surface area contributed by atoms with E-state index in [-0.39, 0.29) is 11.9 Å². The number of hydrogen-bond donors (Lipinski definition) is 1. The number of para-hydroxylation sites is 1. The first-order chi connectivity index (χ1) is 9.11. The van der Waals surface area contributed by atoms with Gasteiger partial charge in [0, 0.05) is 17.7 Å². The molecule has 0 unspecified atom stereocenters. The Morgan fingerprint density at radius 2 is 2.00 bits per heavy atom. The zero-order chi connectivity index (χ0) is 13.8. The smallest absolute Gasteiger partial charge is 0.141 e. The first kappa shape index (κ1) is 14.0. The molecule has 2 rings (SSSR count). The lowest BCUT2D eigenvalue weighted by atomic mass is 10.0. The maximum atomic E-state index is 13.5. The van der Waals surface area contributed by atoms with E-state index >= 15 is 0 Å². The molecule has 2 N–H and O–H groups in total. The van der Waals surface area contributed by atoms with Crippen LogP contribution in [0, 0.1) is 5.82 Å². The average Bonchev–Trinajstić information content (AvgIpc) is 2.43. The number of hydrogen-bond acceptors (Lipinski definition) is 2. The van der Waals surface area contributed by atoms with Crippen LogP contribution in [0.3, 0.4) is 0 Å². The van der Waals surface area contributed by atoms with Crippen molar-refractivity contribution in [2.75, 3.05) is 0 Å². The van der Waals surface area contributed by atoms with Crippen LogP contribution in [-0.2, 0) is 0 Å². The molecular weight excluding hydrogens is 309 g/mol. The Labute approximate surface area is 120 Å². The lowest BCUT2D eigenvalue weighted by Gasteiger charge is -2.15. The fourth-order valence-electron chi connectivity index (χ4n) is 1.77. The molecule has 4 heteroatoms. The van der Waals surface area contributed by atoms with Gasteiger partial charge in [0.2, 0.25) is 0 Å². The number of halogens is 2. The van der Waals surface area contributed by atoms with Crippen LogP contribution in [0.5, 0.6) is 11.5 Å². The molecule has 2 aromatic carbocycles. The van der Waals surface area contributed by atoms with Crippen LogP contribution in [0.1, 0.15) is 24.9 Å². The lowest BCUT2D eigenvalue weighted by Crippen LogP contribution is -2.09. The molecule has 0 radical (unpaired) electrons. The van der Waals surface area contributed by atoms with E-state index in [1.807, 2.05) is 31.2 Å². The molecule has 0 heterocycles. The van der Waals surface area contributed by atoms with Crippen LogP contribution in [0.2, 0.25) is 0 Å². The van der Waals surface area contributed by atoms with Crippen molar-refractivity contribution in [1.82, 2.24) is 0 Å². The Hall–Kier alpha value is -1.39. The SMILES string of the molecule is CC[C@@H](N)c1ccccc1Oc1ccc(Br)c(F)c1. The van der Waals surface area contributed by atoms with Gasteiger partial charge in [-0.1, -0.05) is 25.1 Å². The van der Waals surface area contributed by atoms with Gasteiger partial charge in [-0.2, -0.15) is 0 Å². The molecule has 2 aromatic rings. The summed E-state index contributed by atoms with van der Waals surface area (Å²) in [6.07, 6.45) is 0.815. The standard InChI is InChI=1S/C15H15BrFNO/c1-2-14(18)11-5-3-4-6-15(11)19-10-7-8-12(16)13(17)9-10/h3-9,14H,2,18H2,1H3/t14-/m1/s1. The molecule has 0 aliphatic rings. The van der Waals surface area contributed by atoms with E-state index in [1.54, 1.807) is 12.1 Å². The summed E-state index contributed by atoms with van der Waals surface area (Å²) in [4.78, 5) is 0. The van der Waals surface area contributed by atoms with Crippen LogP contribution in [0.4, 0.5) is 4.39 Å². The van der Waals surface area contributed by atoms with Gasteiger partial charge in [0.1, 0.15) is 17.3 Å². The molecule has 0 aromatic heterocycles. The van der Waals surface area contributed by atoms with E-state index in [0.717, 1.165) is 12.0 Å². The van der Waals surface area contributed by atoms with Crippen LogP contribution < -0.4 is 10.5 Å². The van der Waals surface area contributed by atoms with Gasteiger partial charge in [-0.05, 0) is 40.5 Å². The van der Waals surface area contributed by atoms with Gasteiger partial charge in [0.05, 0.1) is 4.47 Å². The first-order valence-corrected chi connectivity index (χ1v) is 6.88. The van der Waals surface area contributed by atoms with Gasteiger partial charge in [-0.15, -0.1) is 0 Å². The molecule has 2 nitrogen and oxygen atoms in total. The largest absolute Gasteiger partial charge is 0.457 e. The van der Waals surface area contributed by atoms with E-state index < -0.39 is 0 Å². The van der Waals surface area contributed by atoms with Crippen LogP contribution in [0.25, 0.3) is 0 Å². The van der Waals surface area contributed by atoms with Crippen LogP contribution >= 0.6 is 15.9 Å². The molecule has 0 aliphatic carbocycles. The zero-order valence-electron chi connectivity index (χ0n) is 10.6. The van der Waals surface area contributed by atoms with Crippen molar-refractivity contribution in [2.45, 2.75) is 19.4 Å². The minimum atomic E-state index is -0.352. The van der Waals surface area contributed by atoms with Gasteiger partial charge in [0.15, 0.2) is 0 Å². The third kappa shape index (κ3) is 3.33. The maximum absolute atomic E-state index is 13.5. The summed E-state index contributed by atoms with van der Waals surface area (Å²) >= 11 is 3.11. The highest BCUT2D eigenvalue weighted by molar-refractivity contribution is 9.10. The summed E-state index contributed by atoms with van der Waals surface area (Å²) < 4.78 is 19.6. The molecule has 0 fully saturated rings. The fourth-order valence-corrected chi connectivity index (χ4v) is 2.01. The van der Waals surface area contributed by atoms with Crippen molar-refractivity contribution in [2.24, 2.45) is 5.73 Å². The van der Waals surface area contributed by atoms with Crippen molar-refractivity contribution in [1.29, 1.82) is 0 Å². The average molecular weight is 324 g/mol. The maximum Gasteiger partial charge on any atom is 0.141 e. The monoisotopic (exact) mass is 323 g/mol. The molecule has 0 bridgehead atoms. The highest BCUT2D eigenvalue weighted by Gasteiger charge is 2.11. The Balaban J connectivity index is 2.30. The number of ether oxygens (including phenoxy) is 1. The van der Waals surface area contributed by atoms with Crippen molar-refractivity contribution in [3.05, 3.63) is 58.3 Å². The number of rotatable bonds is 4. The zero-order valence-corrected chi connectivity index (χ0v) is 12.2. The summed E-state index contributed by atoms with van der Waals surface area (Å²) in [6, 6.07) is 12.1. The quantitative estimate of drug-likeness (QED) is 0.877. The molecule has 19 heavy (non-hydrogen) atoms. The number of benzene rings is 2. The highest BCUT2D eigenvalue weighted by atomic mass is 79.9. The molecule has 0 saturated carbocycles. The molecular formula is C15H15BrFNO. The van der Waals surface area contributed by atoms with E-state index in [0.29, 0.717) is 16.0 Å². The predicted octanol–water partition coefficient (Wildman–Crippen LogP) is 4.79. The van der Waals surface area contributed by atoms with Crippen molar-refractivity contribution in [3.8, 4) is 11.5 Å². The van der Waals surface area contributed by atoms with E-state index in [2.05, 4.69) is 15.9 Å². The van der Waals surface area contributed by atoms with Gasteiger partial charge < -0.3 is 10.5 Å². The molecule has 0 saturated heterocycles.